The Morgan fingerprint density at radius 1 is 1.15 bits per heavy atom. The molecule has 2 aliphatic rings. The van der Waals surface area contributed by atoms with Gasteiger partial charge in [0.1, 0.15) is 17.7 Å². The summed E-state index contributed by atoms with van der Waals surface area (Å²) in [4.78, 5) is 24.0. The normalized spacial score (nSPS) is 18.5. The summed E-state index contributed by atoms with van der Waals surface area (Å²) in [6.45, 7) is 4.00. The van der Waals surface area contributed by atoms with E-state index in [0.29, 0.717) is 16.8 Å². The van der Waals surface area contributed by atoms with Crippen molar-refractivity contribution in [3.8, 4) is 0 Å². The Morgan fingerprint density at radius 3 is 2.62 bits per heavy atom. The number of fused-ring (bicyclic) bond motifs is 3. The van der Waals surface area contributed by atoms with Gasteiger partial charge in [-0.15, -0.1) is 0 Å². The maximum Gasteiger partial charge on any atom is 0.259 e. The molecule has 0 radical (unpaired) electrons. The quantitative estimate of drug-likeness (QED) is 0.808. The molecule has 2 aromatic carbocycles. The van der Waals surface area contributed by atoms with Crippen LogP contribution in [0.3, 0.4) is 0 Å². The van der Waals surface area contributed by atoms with Crippen molar-refractivity contribution < 1.29 is 9.18 Å². The monoisotopic (exact) mass is 367 g/mol. The molecular weight excluding hydrogens is 349 g/mol. The van der Waals surface area contributed by atoms with Crippen molar-refractivity contribution in [1.29, 1.82) is 0 Å². The van der Waals surface area contributed by atoms with Gasteiger partial charge >= 0.3 is 0 Å². The number of halogens is 1. The average Bonchev–Trinajstić information content (AvgIpc) is 2.99. The highest BCUT2D eigenvalue weighted by atomic mass is 32.2. The number of aliphatic imine (C=N–C) groups is 2. The fourth-order valence-corrected chi connectivity index (χ4v) is 3.99. The second-order valence-corrected chi connectivity index (χ2v) is 7.58. The molecule has 0 saturated carbocycles. The van der Waals surface area contributed by atoms with Crippen molar-refractivity contribution in [1.82, 2.24) is 4.90 Å². The topological polar surface area (TPSA) is 45.0 Å². The molecule has 0 fully saturated rings. The van der Waals surface area contributed by atoms with E-state index in [1.165, 1.54) is 23.9 Å². The highest BCUT2D eigenvalue weighted by Gasteiger charge is 2.42. The molecule has 0 aromatic heterocycles. The van der Waals surface area contributed by atoms with Gasteiger partial charge in [0, 0.05) is 11.3 Å². The molecule has 1 atom stereocenters. The first kappa shape index (κ1) is 17.0. The molecule has 26 heavy (non-hydrogen) atoms. The van der Waals surface area contributed by atoms with Gasteiger partial charge in [-0.3, -0.25) is 9.79 Å². The lowest BCUT2D eigenvalue weighted by Gasteiger charge is -2.25. The van der Waals surface area contributed by atoms with Crippen molar-refractivity contribution in [2.45, 2.75) is 25.6 Å². The summed E-state index contributed by atoms with van der Waals surface area (Å²) in [6, 6.07) is 13.7. The van der Waals surface area contributed by atoms with E-state index >= 15 is 0 Å². The molecule has 0 aliphatic carbocycles. The number of para-hydroxylation sites is 1. The standard InChI is InChI=1S/C20H18FN3OS/c1-12(2)17-19(25)24-18(23-17)15-5-3-4-6-16(15)22-20(24)26-11-13-7-9-14(21)10-8-13/h3-10,12,17H,11H2,1-2H3. The van der Waals surface area contributed by atoms with Gasteiger partial charge in [0.15, 0.2) is 5.17 Å². The van der Waals surface area contributed by atoms with Crippen LogP contribution in [0.1, 0.15) is 25.0 Å². The maximum atomic E-state index is 13.1. The minimum absolute atomic E-state index is 0.0325. The summed E-state index contributed by atoms with van der Waals surface area (Å²) in [5.41, 5.74) is 2.68. The molecule has 4 rings (SSSR count). The van der Waals surface area contributed by atoms with E-state index < -0.39 is 0 Å². The molecule has 2 heterocycles. The van der Waals surface area contributed by atoms with Crippen LogP contribution in [0, 0.1) is 11.7 Å². The summed E-state index contributed by atoms with van der Waals surface area (Å²) in [6.07, 6.45) is 0. The van der Waals surface area contributed by atoms with E-state index in [0.717, 1.165) is 16.8 Å². The number of nitrogens with zero attached hydrogens (tertiary/aromatic N) is 3. The lowest BCUT2D eigenvalue weighted by Crippen LogP contribution is -2.41. The molecule has 4 nitrogen and oxygen atoms in total. The summed E-state index contributed by atoms with van der Waals surface area (Å²) < 4.78 is 13.1. The first-order valence-corrected chi connectivity index (χ1v) is 9.50. The number of rotatable bonds is 3. The number of benzene rings is 2. The number of amidine groups is 2. The lowest BCUT2D eigenvalue weighted by atomic mass is 10.1. The van der Waals surface area contributed by atoms with E-state index in [1.54, 1.807) is 17.0 Å². The largest absolute Gasteiger partial charge is 0.271 e. The third-order valence-electron chi connectivity index (χ3n) is 4.41. The molecule has 0 spiro atoms. The van der Waals surface area contributed by atoms with Crippen LogP contribution in [0.4, 0.5) is 10.1 Å². The van der Waals surface area contributed by atoms with Crippen LogP contribution in [0.25, 0.3) is 0 Å². The molecule has 0 saturated heterocycles. The molecule has 2 aromatic rings. The van der Waals surface area contributed by atoms with Crippen LogP contribution < -0.4 is 0 Å². The number of carbonyl (C=O) groups is 1. The van der Waals surface area contributed by atoms with Crippen LogP contribution in [-0.2, 0) is 10.5 Å². The van der Waals surface area contributed by atoms with Crippen LogP contribution in [0.5, 0.6) is 0 Å². The molecule has 6 heteroatoms. The van der Waals surface area contributed by atoms with E-state index in [2.05, 4.69) is 0 Å². The molecule has 0 bridgehead atoms. The second-order valence-electron chi connectivity index (χ2n) is 6.64. The number of amides is 1. The first-order chi connectivity index (χ1) is 12.5. The van der Waals surface area contributed by atoms with Crippen LogP contribution in [0.15, 0.2) is 58.5 Å². The fourth-order valence-electron chi connectivity index (χ4n) is 3.03. The molecule has 132 valence electrons. The number of thioether (sulfide) groups is 1. The molecule has 2 aliphatic heterocycles. The van der Waals surface area contributed by atoms with E-state index in [9.17, 15) is 9.18 Å². The Kier molecular flexibility index (Phi) is 4.36. The minimum Gasteiger partial charge on any atom is -0.271 e. The zero-order chi connectivity index (χ0) is 18.3. The molecule has 0 N–H and O–H groups in total. The van der Waals surface area contributed by atoms with Crippen molar-refractivity contribution in [2.75, 3.05) is 0 Å². The van der Waals surface area contributed by atoms with E-state index in [1.807, 2.05) is 38.1 Å². The van der Waals surface area contributed by atoms with Crippen LogP contribution in [0.2, 0.25) is 0 Å². The summed E-state index contributed by atoms with van der Waals surface area (Å²) in [5.74, 6) is 1.11. The Labute approximate surface area is 155 Å². The predicted molar refractivity (Wildman–Crippen MR) is 103 cm³/mol. The van der Waals surface area contributed by atoms with Crippen molar-refractivity contribution in [2.24, 2.45) is 15.9 Å². The summed E-state index contributed by atoms with van der Waals surface area (Å²) in [7, 11) is 0. The van der Waals surface area contributed by atoms with Crippen LogP contribution >= 0.6 is 11.8 Å². The Morgan fingerprint density at radius 2 is 1.88 bits per heavy atom. The van der Waals surface area contributed by atoms with Gasteiger partial charge < -0.3 is 0 Å². The number of hydrogen-bond donors (Lipinski definition) is 0. The van der Waals surface area contributed by atoms with Crippen molar-refractivity contribution >= 4 is 34.4 Å². The zero-order valence-electron chi connectivity index (χ0n) is 14.5. The molecular formula is C20H18FN3OS. The number of carbonyl (C=O) groups excluding carboxylic acids is 1. The highest BCUT2D eigenvalue weighted by Crippen LogP contribution is 2.35. The third kappa shape index (κ3) is 2.94. The third-order valence-corrected chi connectivity index (χ3v) is 5.42. The molecule has 1 unspecified atom stereocenters. The van der Waals surface area contributed by atoms with Gasteiger partial charge in [0.2, 0.25) is 0 Å². The van der Waals surface area contributed by atoms with Gasteiger partial charge in [-0.05, 0) is 35.7 Å². The fraction of sp³-hybridized carbons (Fsp3) is 0.250. The Balaban J connectivity index is 1.68. The number of hydrogen-bond acceptors (Lipinski definition) is 4. The smallest absolute Gasteiger partial charge is 0.259 e. The average molecular weight is 367 g/mol. The molecule has 1 amide bonds. The van der Waals surface area contributed by atoms with Gasteiger partial charge in [-0.25, -0.2) is 14.3 Å². The van der Waals surface area contributed by atoms with Crippen LogP contribution in [-0.4, -0.2) is 27.9 Å². The van der Waals surface area contributed by atoms with Gasteiger partial charge in [0.05, 0.1) is 5.69 Å². The lowest BCUT2D eigenvalue weighted by molar-refractivity contribution is -0.125. The van der Waals surface area contributed by atoms with E-state index in [4.69, 9.17) is 9.98 Å². The van der Waals surface area contributed by atoms with Gasteiger partial charge in [-0.1, -0.05) is 49.9 Å². The van der Waals surface area contributed by atoms with Gasteiger partial charge in [0.25, 0.3) is 5.91 Å². The van der Waals surface area contributed by atoms with Gasteiger partial charge in [-0.2, -0.15) is 0 Å². The highest BCUT2D eigenvalue weighted by molar-refractivity contribution is 8.13. The second kappa shape index (κ2) is 6.68. The SMILES string of the molecule is CC(C)C1N=C2c3ccccc3N=C(SCc3ccc(F)cc3)N2C1=O. The van der Waals surface area contributed by atoms with E-state index in [-0.39, 0.29) is 23.7 Å². The van der Waals surface area contributed by atoms with Crippen molar-refractivity contribution in [3.63, 3.8) is 0 Å². The zero-order valence-corrected chi connectivity index (χ0v) is 15.3. The minimum atomic E-state index is -0.382. The Hall–Kier alpha value is -2.47. The van der Waals surface area contributed by atoms with Crippen molar-refractivity contribution in [3.05, 3.63) is 65.5 Å². The maximum absolute atomic E-state index is 13.1. The summed E-state index contributed by atoms with van der Waals surface area (Å²) >= 11 is 1.47. The predicted octanol–water partition coefficient (Wildman–Crippen LogP) is 4.37. The Bertz CT molecular complexity index is 921. The first-order valence-electron chi connectivity index (χ1n) is 8.51. The summed E-state index contributed by atoms with van der Waals surface area (Å²) in [5, 5.41) is 0.625.